The molecule has 0 aliphatic heterocycles. The van der Waals surface area contributed by atoms with E-state index in [2.05, 4.69) is 15.5 Å². The highest BCUT2D eigenvalue weighted by Crippen LogP contribution is 2.09. The maximum absolute atomic E-state index is 10.9. The molecule has 0 aromatic carbocycles. The number of hydrogen-bond donors (Lipinski definition) is 1. The van der Waals surface area contributed by atoms with Gasteiger partial charge in [0.25, 0.3) is 0 Å². The second kappa shape index (κ2) is 2.31. The van der Waals surface area contributed by atoms with E-state index in [1.54, 1.807) is 6.07 Å². The van der Waals surface area contributed by atoms with Gasteiger partial charge in [-0.3, -0.25) is 0 Å². The molecule has 0 aliphatic carbocycles. The quantitative estimate of drug-likeness (QED) is 0.652. The zero-order chi connectivity index (χ0) is 7.68. The first-order chi connectivity index (χ1) is 5.38. The summed E-state index contributed by atoms with van der Waals surface area (Å²) in [4.78, 5) is 10.9. The maximum atomic E-state index is 10.9. The van der Waals surface area contributed by atoms with Gasteiger partial charge in [0.2, 0.25) is 0 Å². The fraction of sp³-hybridized carbons (Fsp3) is 0. The van der Waals surface area contributed by atoms with Gasteiger partial charge in [0, 0.05) is 0 Å². The summed E-state index contributed by atoms with van der Waals surface area (Å²) in [5.74, 6) is 0. The number of nitrogens with one attached hydrogen (secondary N) is 1. The molecule has 2 aromatic heterocycles. The Morgan fingerprint density at radius 1 is 1.64 bits per heavy atom. The van der Waals surface area contributed by atoms with Crippen LogP contribution in [-0.4, -0.2) is 20.2 Å². The van der Waals surface area contributed by atoms with Crippen LogP contribution in [0.15, 0.2) is 22.3 Å². The predicted octanol–water partition coefficient (Wildman–Crippen LogP) is 0.0171. The summed E-state index contributed by atoms with van der Waals surface area (Å²) >= 11 is 1.44. The van der Waals surface area contributed by atoms with E-state index >= 15 is 0 Å². The monoisotopic (exact) mass is 168 g/mol. The molecule has 0 amide bonds. The van der Waals surface area contributed by atoms with Crippen molar-refractivity contribution in [2.75, 3.05) is 0 Å². The third-order valence-corrected chi connectivity index (χ3v) is 2.03. The van der Waals surface area contributed by atoms with Crippen molar-refractivity contribution in [2.45, 2.75) is 0 Å². The average molecular weight is 168 g/mol. The van der Waals surface area contributed by atoms with Crippen molar-refractivity contribution in [1.29, 1.82) is 0 Å². The highest BCUT2D eigenvalue weighted by molar-refractivity contribution is 7.12. The minimum Gasteiger partial charge on any atom is -0.244 e. The minimum atomic E-state index is -0.313. The molecule has 0 radical (unpaired) electrons. The van der Waals surface area contributed by atoms with Crippen LogP contribution in [0.5, 0.6) is 0 Å². The number of aromatic nitrogens is 4. The number of nitrogens with zero attached hydrogens (tertiary/aromatic N) is 3. The molecule has 0 fully saturated rings. The van der Waals surface area contributed by atoms with Crippen LogP contribution in [0.3, 0.4) is 0 Å². The lowest BCUT2D eigenvalue weighted by atomic mass is 10.6. The van der Waals surface area contributed by atoms with Gasteiger partial charge in [0.15, 0.2) is 0 Å². The number of tetrazole rings is 1. The average Bonchev–Trinajstić information content (AvgIpc) is 2.55. The molecule has 2 rings (SSSR count). The zero-order valence-electron chi connectivity index (χ0n) is 5.39. The lowest BCUT2D eigenvalue weighted by molar-refractivity contribution is 0.790. The van der Waals surface area contributed by atoms with Crippen molar-refractivity contribution in [3.8, 4) is 5.00 Å². The summed E-state index contributed by atoms with van der Waals surface area (Å²) in [5.41, 5.74) is -0.313. The molecule has 11 heavy (non-hydrogen) atoms. The summed E-state index contributed by atoms with van der Waals surface area (Å²) in [6, 6.07) is 3.65. The van der Waals surface area contributed by atoms with Crippen LogP contribution in [0.4, 0.5) is 0 Å². The van der Waals surface area contributed by atoms with Crippen molar-refractivity contribution in [3.63, 3.8) is 0 Å². The first-order valence-electron chi connectivity index (χ1n) is 2.92. The van der Waals surface area contributed by atoms with Gasteiger partial charge < -0.3 is 0 Å². The van der Waals surface area contributed by atoms with Crippen molar-refractivity contribution >= 4 is 11.3 Å². The van der Waals surface area contributed by atoms with E-state index in [1.165, 1.54) is 16.0 Å². The first-order valence-corrected chi connectivity index (χ1v) is 3.80. The zero-order valence-corrected chi connectivity index (χ0v) is 6.21. The Balaban J connectivity index is 2.62. The number of rotatable bonds is 1. The Kier molecular flexibility index (Phi) is 1.32. The summed E-state index contributed by atoms with van der Waals surface area (Å²) < 4.78 is 1.21. The predicted molar refractivity (Wildman–Crippen MR) is 39.9 cm³/mol. The normalized spacial score (nSPS) is 10.2. The van der Waals surface area contributed by atoms with Gasteiger partial charge in [-0.25, -0.2) is 9.89 Å². The van der Waals surface area contributed by atoms with E-state index in [9.17, 15) is 4.79 Å². The molecule has 2 heterocycles. The molecular weight excluding hydrogens is 164 g/mol. The van der Waals surface area contributed by atoms with Gasteiger partial charge >= 0.3 is 5.69 Å². The van der Waals surface area contributed by atoms with Gasteiger partial charge in [-0.15, -0.1) is 11.3 Å². The largest absolute Gasteiger partial charge is 0.366 e. The Morgan fingerprint density at radius 2 is 2.55 bits per heavy atom. The van der Waals surface area contributed by atoms with E-state index in [1.807, 2.05) is 11.4 Å². The van der Waals surface area contributed by atoms with Gasteiger partial charge in [-0.2, -0.15) is 4.68 Å². The fourth-order valence-electron chi connectivity index (χ4n) is 0.732. The van der Waals surface area contributed by atoms with E-state index in [0.29, 0.717) is 0 Å². The van der Waals surface area contributed by atoms with Crippen molar-refractivity contribution in [2.24, 2.45) is 0 Å². The van der Waals surface area contributed by atoms with Crippen LogP contribution >= 0.6 is 11.3 Å². The SMILES string of the molecule is O=c1[nH]nnn1-c1cccs1. The molecule has 0 unspecified atom stereocenters. The van der Waals surface area contributed by atoms with Crippen molar-refractivity contribution < 1.29 is 0 Å². The van der Waals surface area contributed by atoms with E-state index in [-0.39, 0.29) is 5.69 Å². The fourth-order valence-corrected chi connectivity index (χ4v) is 1.41. The number of H-pyrrole nitrogens is 1. The molecule has 0 spiro atoms. The molecular formula is C5H4N4OS. The molecule has 2 aromatic rings. The molecule has 1 N–H and O–H groups in total. The Labute approximate surface area is 65.3 Å². The highest BCUT2D eigenvalue weighted by Gasteiger charge is 2.01. The van der Waals surface area contributed by atoms with Crippen LogP contribution in [0.2, 0.25) is 0 Å². The van der Waals surface area contributed by atoms with E-state index in [0.717, 1.165) is 5.00 Å². The molecule has 56 valence electrons. The summed E-state index contributed by atoms with van der Waals surface area (Å²) in [7, 11) is 0. The Hall–Kier alpha value is -1.43. The van der Waals surface area contributed by atoms with Crippen molar-refractivity contribution in [3.05, 3.63) is 28.0 Å². The van der Waals surface area contributed by atoms with E-state index < -0.39 is 0 Å². The summed E-state index contributed by atoms with van der Waals surface area (Å²) in [6.45, 7) is 0. The van der Waals surface area contributed by atoms with Crippen LogP contribution in [-0.2, 0) is 0 Å². The highest BCUT2D eigenvalue weighted by atomic mass is 32.1. The molecule has 5 nitrogen and oxygen atoms in total. The van der Waals surface area contributed by atoms with Crippen LogP contribution in [0, 0.1) is 0 Å². The summed E-state index contributed by atoms with van der Waals surface area (Å²) in [6.07, 6.45) is 0. The smallest absolute Gasteiger partial charge is 0.244 e. The standard InChI is InChI=1S/C5H4N4OS/c10-5-6-7-8-9(5)4-2-1-3-11-4/h1-3H,(H,6,8,10). The lowest BCUT2D eigenvalue weighted by Crippen LogP contribution is -2.14. The molecule has 0 saturated carbocycles. The minimum absolute atomic E-state index is 0.313. The van der Waals surface area contributed by atoms with Gasteiger partial charge in [-0.1, -0.05) is 0 Å². The second-order valence-corrected chi connectivity index (χ2v) is 2.80. The topological polar surface area (TPSA) is 63.6 Å². The molecule has 0 saturated heterocycles. The number of aromatic amines is 1. The van der Waals surface area contributed by atoms with E-state index in [4.69, 9.17) is 0 Å². The van der Waals surface area contributed by atoms with Gasteiger partial charge in [-0.05, 0) is 27.9 Å². The maximum Gasteiger partial charge on any atom is 0.366 e. The van der Waals surface area contributed by atoms with Crippen LogP contribution < -0.4 is 5.69 Å². The second-order valence-electron chi connectivity index (χ2n) is 1.87. The lowest BCUT2D eigenvalue weighted by Gasteiger charge is -1.86. The third-order valence-electron chi connectivity index (χ3n) is 1.19. The molecule has 6 heteroatoms. The van der Waals surface area contributed by atoms with Crippen molar-refractivity contribution in [1.82, 2.24) is 20.2 Å². The molecule has 0 bridgehead atoms. The van der Waals surface area contributed by atoms with Gasteiger partial charge in [0.05, 0.1) is 0 Å². The Morgan fingerprint density at radius 3 is 3.09 bits per heavy atom. The summed E-state index contributed by atoms with van der Waals surface area (Å²) in [5, 5.41) is 11.8. The molecule has 0 aliphatic rings. The molecule has 0 atom stereocenters. The Bertz CT molecular complexity index is 387. The third kappa shape index (κ3) is 0.966. The van der Waals surface area contributed by atoms with Crippen LogP contribution in [0.25, 0.3) is 5.00 Å². The van der Waals surface area contributed by atoms with Crippen LogP contribution in [0.1, 0.15) is 0 Å². The first kappa shape index (κ1) is 6.29. The van der Waals surface area contributed by atoms with Gasteiger partial charge in [0.1, 0.15) is 5.00 Å². The number of thiophene rings is 1. The number of hydrogen-bond acceptors (Lipinski definition) is 4.